The van der Waals surface area contributed by atoms with E-state index in [1.54, 1.807) is 0 Å². The van der Waals surface area contributed by atoms with Crippen molar-refractivity contribution in [3.63, 3.8) is 0 Å². The summed E-state index contributed by atoms with van der Waals surface area (Å²) in [7, 11) is 1.43. The van der Waals surface area contributed by atoms with Crippen molar-refractivity contribution in [2.45, 2.75) is 40.3 Å². The Morgan fingerprint density at radius 3 is 2.56 bits per heavy atom. The lowest BCUT2D eigenvalue weighted by molar-refractivity contribution is -0.144. The molecular weight excluding hydrogens is 226 g/mol. The zero-order valence-corrected chi connectivity index (χ0v) is 11.9. The van der Waals surface area contributed by atoms with Gasteiger partial charge in [0.05, 0.1) is 7.11 Å². The van der Waals surface area contributed by atoms with Gasteiger partial charge in [-0.25, -0.2) is 0 Å². The van der Waals surface area contributed by atoms with Crippen LogP contribution in [0, 0.1) is 19.8 Å². The quantitative estimate of drug-likeness (QED) is 0.815. The molecule has 1 N–H and O–H groups in total. The highest BCUT2D eigenvalue weighted by Gasteiger charge is 2.22. The van der Waals surface area contributed by atoms with Crippen molar-refractivity contribution in [3.05, 3.63) is 34.9 Å². The third kappa shape index (κ3) is 3.84. The van der Waals surface area contributed by atoms with Gasteiger partial charge in [0.2, 0.25) is 0 Å². The number of benzene rings is 1. The van der Waals surface area contributed by atoms with Gasteiger partial charge < -0.3 is 10.1 Å². The second kappa shape index (κ2) is 6.55. The lowest BCUT2D eigenvalue weighted by Gasteiger charge is -2.20. The predicted molar refractivity (Wildman–Crippen MR) is 73.4 cm³/mol. The van der Waals surface area contributed by atoms with Crippen LogP contribution in [0.2, 0.25) is 0 Å². The molecule has 0 heterocycles. The fourth-order valence-corrected chi connectivity index (χ4v) is 1.93. The highest BCUT2D eigenvalue weighted by atomic mass is 16.5. The van der Waals surface area contributed by atoms with Crippen LogP contribution in [-0.4, -0.2) is 19.1 Å². The molecule has 0 radical (unpaired) electrons. The van der Waals surface area contributed by atoms with Gasteiger partial charge in [0.25, 0.3) is 0 Å². The largest absolute Gasteiger partial charge is 0.468 e. The average Bonchev–Trinajstić information content (AvgIpc) is 2.32. The van der Waals surface area contributed by atoms with E-state index in [9.17, 15) is 4.79 Å². The number of rotatable bonds is 5. The summed E-state index contributed by atoms with van der Waals surface area (Å²) in [4.78, 5) is 11.6. The Hall–Kier alpha value is -1.35. The van der Waals surface area contributed by atoms with Gasteiger partial charge in [0.1, 0.15) is 6.04 Å². The van der Waals surface area contributed by atoms with Gasteiger partial charge in [-0.15, -0.1) is 0 Å². The lowest BCUT2D eigenvalue weighted by Crippen LogP contribution is -2.41. The highest BCUT2D eigenvalue weighted by molar-refractivity contribution is 5.75. The summed E-state index contributed by atoms with van der Waals surface area (Å²) in [6.07, 6.45) is 0. The molecule has 100 valence electrons. The fraction of sp³-hybridized carbons (Fsp3) is 0.533. The van der Waals surface area contributed by atoms with Crippen molar-refractivity contribution in [3.8, 4) is 0 Å². The lowest BCUT2D eigenvalue weighted by atomic mass is 10.0. The van der Waals surface area contributed by atoms with Crippen LogP contribution < -0.4 is 5.32 Å². The molecule has 0 amide bonds. The summed E-state index contributed by atoms with van der Waals surface area (Å²) in [6, 6.07) is 6.10. The van der Waals surface area contributed by atoms with Crippen molar-refractivity contribution in [1.82, 2.24) is 5.32 Å². The molecule has 1 rings (SSSR count). The van der Waals surface area contributed by atoms with E-state index in [-0.39, 0.29) is 17.9 Å². The minimum absolute atomic E-state index is 0.199. The number of esters is 1. The molecule has 0 aromatic heterocycles. The Morgan fingerprint density at radius 1 is 1.33 bits per heavy atom. The predicted octanol–water partition coefficient (Wildman–Crippen LogP) is 2.59. The Balaban J connectivity index is 2.73. The number of methoxy groups -OCH3 is 1. The zero-order valence-electron chi connectivity index (χ0n) is 11.9. The second-order valence-electron chi connectivity index (χ2n) is 5.06. The van der Waals surface area contributed by atoms with Gasteiger partial charge in [-0.2, -0.15) is 0 Å². The molecule has 3 heteroatoms. The number of aryl methyl sites for hydroxylation is 2. The Bertz CT molecular complexity index is 413. The normalized spacial score (nSPS) is 12.6. The van der Waals surface area contributed by atoms with Crippen LogP contribution in [0.15, 0.2) is 18.2 Å². The van der Waals surface area contributed by atoms with Gasteiger partial charge in [0, 0.05) is 6.54 Å². The van der Waals surface area contributed by atoms with E-state index in [0.29, 0.717) is 6.54 Å². The van der Waals surface area contributed by atoms with Crippen molar-refractivity contribution >= 4 is 5.97 Å². The molecule has 1 atom stereocenters. The molecule has 18 heavy (non-hydrogen) atoms. The summed E-state index contributed by atoms with van der Waals surface area (Å²) in [5, 5.41) is 3.28. The van der Waals surface area contributed by atoms with Gasteiger partial charge in [-0.3, -0.25) is 4.79 Å². The highest BCUT2D eigenvalue weighted by Crippen LogP contribution is 2.12. The zero-order chi connectivity index (χ0) is 13.7. The van der Waals surface area contributed by atoms with E-state index in [1.807, 2.05) is 13.8 Å². The van der Waals surface area contributed by atoms with E-state index in [2.05, 4.69) is 37.4 Å². The Labute approximate surface area is 110 Å². The molecule has 0 spiro atoms. The van der Waals surface area contributed by atoms with Crippen molar-refractivity contribution in [2.24, 2.45) is 5.92 Å². The summed E-state index contributed by atoms with van der Waals surface area (Å²) in [5.74, 6) is 0.0119. The molecule has 1 aromatic rings. The van der Waals surface area contributed by atoms with E-state index >= 15 is 0 Å². The average molecular weight is 249 g/mol. The summed E-state index contributed by atoms with van der Waals surface area (Å²) < 4.78 is 4.81. The number of carbonyl (C=O) groups excluding carboxylic acids is 1. The van der Waals surface area contributed by atoms with Crippen LogP contribution in [0.3, 0.4) is 0 Å². The molecular formula is C15H23NO2. The molecule has 1 aromatic carbocycles. The molecule has 0 aliphatic carbocycles. The number of carbonyl (C=O) groups is 1. The van der Waals surface area contributed by atoms with Gasteiger partial charge in [-0.1, -0.05) is 37.6 Å². The minimum atomic E-state index is -0.255. The maximum atomic E-state index is 11.6. The number of nitrogens with one attached hydrogen (secondary N) is 1. The van der Waals surface area contributed by atoms with Crippen molar-refractivity contribution in [2.75, 3.05) is 7.11 Å². The van der Waals surface area contributed by atoms with Crippen LogP contribution in [0.1, 0.15) is 30.5 Å². The van der Waals surface area contributed by atoms with Crippen LogP contribution in [0.4, 0.5) is 0 Å². The molecule has 1 unspecified atom stereocenters. The monoisotopic (exact) mass is 249 g/mol. The molecule has 0 bridgehead atoms. The van der Waals surface area contributed by atoms with E-state index < -0.39 is 0 Å². The van der Waals surface area contributed by atoms with Crippen LogP contribution in [-0.2, 0) is 16.1 Å². The SMILES string of the molecule is COC(=O)C(NCc1cc(C)ccc1C)C(C)C. The van der Waals surface area contributed by atoms with Crippen molar-refractivity contribution < 1.29 is 9.53 Å². The molecule has 0 saturated heterocycles. The van der Waals surface area contributed by atoms with E-state index in [4.69, 9.17) is 4.74 Å². The first-order valence-electron chi connectivity index (χ1n) is 6.33. The summed E-state index contributed by atoms with van der Waals surface area (Å²) in [6.45, 7) is 8.86. The maximum absolute atomic E-state index is 11.6. The summed E-state index contributed by atoms with van der Waals surface area (Å²) in [5.41, 5.74) is 3.70. The van der Waals surface area contributed by atoms with Crippen LogP contribution in [0.5, 0.6) is 0 Å². The van der Waals surface area contributed by atoms with Crippen LogP contribution in [0.25, 0.3) is 0 Å². The maximum Gasteiger partial charge on any atom is 0.323 e. The van der Waals surface area contributed by atoms with Gasteiger partial charge >= 0.3 is 5.97 Å². The fourth-order valence-electron chi connectivity index (χ4n) is 1.93. The molecule has 0 fully saturated rings. The molecule has 0 aliphatic rings. The molecule has 3 nitrogen and oxygen atoms in total. The first-order chi connectivity index (χ1) is 8.45. The van der Waals surface area contributed by atoms with Gasteiger partial charge in [0.15, 0.2) is 0 Å². The third-order valence-corrected chi connectivity index (χ3v) is 3.14. The van der Waals surface area contributed by atoms with E-state index in [1.165, 1.54) is 23.8 Å². The number of ether oxygens (including phenoxy) is 1. The standard InChI is InChI=1S/C15H23NO2/c1-10(2)14(15(17)18-5)16-9-13-8-11(3)6-7-12(13)4/h6-8,10,14,16H,9H2,1-5H3. The van der Waals surface area contributed by atoms with Crippen LogP contribution >= 0.6 is 0 Å². The number of hydrogen-bond donors (Lipinski definition) is 1. The summed E-state index contributed by atoms with van der Waals surface area (Å²) >= 11 is 0. The Morgan fingerprint density at radius 2 is 2.00 bits per heavy atom. The first kappa shape index (κ1) is 14.7. The topological polar surface area (TPSA) is 38.3 Å². The number of hydrogen-bond acceptors (Lipinski definition) is 3. The molecule has 0 aliphatic heterocycles. The Kier molecular flexibility index (Phi) is 5.35. The van der Waals surface area contributed by atoms with Gasteiger partial charge in [-0.05, 0) is 30.9 Å². The smallest absolute Gasteiger partial charge is 0.323 e. The van der Waals surface area contributed by atoms with E-state index in [0.717, 1.165) is 0 Å². The third-order valence-electron chi connectivity index (χ3n) is 3.14. The molecule has 0 saturated carbocycles. The first-order valence-corrected chi connectivity index (χ1v) is 6.33. The minimum Gasteiger partial charge on any atom is -0.468 e. The van der Waals surface area contributed by atoms with Crippen molar-refractivity contribution in [1.29, 1.82) is 0 Å². The second-order valence-corrected chi connectivity index (χ2v) is 5.06.